The predicted molar refractivity (Wildman–Crippen MR) is 68.0 cm³/mol. The van der Waals surface area contributed by atoms with Gasteiger partial charge in [-0.05, 0) is 43.9 Å². The van der Waals surface area contributed by atoms with E-state index in [1.165, 1.54) is 24.8 Å². The molecule has 0 spiro atoms. The molecule has 3 heteroatoms. The highest BCUT2D eigenvalue weighted by Crippen LogP contribution is 2.37. The molecule has 1 unspecified atom stereocenters. The number of hydrogen-bond donors (Lipinski definition) is 1. The number of benzene rings is 1. The maximum absolute atomic E-state index is 5.81. The Labute approximate surface area is 101 Å². The van der Waals surface area contributed by atoms with Crippen LogP contribution in [0.15, 0.2) is 22.6 Å². The van der Waals surface area contributed by atoms with Crippen molar-refractivity contribution in [2.75, 3.05) is 0 Å². The molecular formula is C14H18N2O. The smallest absolute Gasteiger partial charge is 0.198 e. The molecule has 1 fully saturated rings. The number of nitrogens with two attached hydrogens (primary N) is 1. The van der Waals surface area contributed by atoms with Crippen LogP contribution in [0.1, 0.15) is 43.6 Å². The van der Waals surface area contributed by atoms with E-state index in [1.807, 2.05) is 13.0 Å². The van der Waals surface area contributed by atoms with Crippen molar-refractivity contribution < 1.29 is 4.42 Å². The third-order valence-corrected chi connectivity index (χ3v) is 3.48. The first-order valence-electron chi connectivity index (χ1n) is 6.37. The molecule has 3 nitrogen and oxygen atoms in total. The summed E-state index contributed by atoms with van der Waals surface area (Å²) in [6.07, 6.45) is 4.64. The Kier molecular flexibility index (Phi) is 2.63. The van der Waals surface area contributed by atoms with Crippen LogP contribution in [0.2, 0.25) is 0 Å². The maximum atomic E-state index is 5.81. The van der Waals surface area contributed by atoms with Crippen LogP contribution < -0.4 is 5.73 Å². The molecule has 0 saturated heterocycles. The van der Waals surface area contributed by atoms with Crippen molar-refractivity contribution in [3.63, 3.8) is 0 Å². The highest BCUT2D eigenvalue weighted by atomic mass is 16.3. The minimum atomic E-state index is 0.186. The minimum absolute atomic E-state index is 0.186. The summed E-state index contributed by atoms with van der Waals surface area (Å²) in [5.41, 5.74) is 8.93. The van der Waals surface area contributed by atoms with Gasteiger partial charge in [0.1, 0.15) is 5.52 Å². The fourth-order valence-electron chi connectivity index (χ4n) is 2.32. The van der Waals surface area contributed by atoms with E-state index < -0.39 is 0 Å². The number of oxazole rings is 1. The summed E-state index contributed by atoms with van der Waals surface area (Å²) in [4.78, 5) is 4.60. The highest BCUT2D eigenvalue weighted by molar-refractivity contribution is 5.73. The van der Waals surface area contributed by atoms with Crippen LogP contribution in [-0.2, 0) is 6.42 Å². The van der Waals surface area contributed by atoms with Crippen LogP contribution in [0, 0.1) is 0 Å². The van der Waals surface area contributed by atoms with Crippen molar-refractivity contribution in [1.82, 2.24) is 4.98 Å². The summed E-state index contributed by atoms with van der Waals surface area (Å²) in [5.74, 6) is 1.48. The van der Waals surface area contributed by atoms with Crippen LogP contribution in [0.3, 0.4) is 0 Å². The molecule has 1 aromatic heterocycles. The van der Waals surface area contributed by atoms with E-state index in [0.29, 0.717) is 5.92 Å². The molecule has 0 aliphatic heterocycles. The normalized spacial score (nSPS) is 18.2. The van der Waals surface area contributed by atoms with Crippen molar-refractivity contribution in [3.8, 4) is 0 Å². The lowest BCUT2D eigenvalue weighted by molar-refractivity contribution is 0.344. The van der Waals surface area contributed by atoms with Crippen molar-refractivity contribution in [2.24, 2.45) is 5.73 Å². The largest absolute Gasteiger partial charge is 0.440 e. The summed E-state index contributed by atoms with van der Waals surface area (Å²) in [7, 11) is 0. The Morgan fingerprint density at radius 2 is 2.29 bits per heavy atom. The van der Waals surface area contributed by atoms with Crippen molar-refractivity contribution >= 4 is 11.1 Å². The monoisotopic (exact) mass is 230 g/mol. The van der Waals surface area contributed by atoms with E-state index >= 15 is 0 Å². The quantitative estimate of drug-likeness (QED) is 0.881. The van der Waals surface area contributed by atoms with E-state index in [0.717, 1.165) is 23.4 Å². The van der Waals surface area contributed by atoms with Crippen molar-refractivity contribution in [3.05, 3.63) is 29.7 Å². The lowest BCUT2D eigenvalue weighted by atomic mass is 9.85. The average molecular weight is 230 g/mol. The van der Waals surface area contributed by atoms with Gasteiger partial charge in [-0.2, -0.15) is 0 Å². The molecule has 1 saturated carbocycles. The molecule has 1 aliphatic carbocycles. The minimum Gasteiger partial charge on any atom is -0.440 e. The topological polar surface area (TPSA) is 52.0 Å². The second kappa shape index (κ2) is 4.15. The van der Waals surface area contributed by atoms with E-state index in [9.17, 15) is 0 Å². The lowest BCUT2D eigenvalue weighted by Crippen LogP contribution is -2.17. The summed E-state index contributed by atoms with van der Waals surface area (Å²) < 4.78 is 5.79. The second-order valence-electron chi connectivity index (χ2n) is 5.16. The van der Waals surface area contributed by atoms with Gasteiger partial charge in [0, 0.05) is 12.0 Å². The van der Waals surface area contributed by atoms with Crippen LogP contribution in [0.25, 0.3) is 11.1 Å². The van der Waals surface area contributed by atoms with Gasteiger partial charge in [-0.3, -0.25) is 0 Å². The van der Waals surface area contributed by atoms with Gasteiger partial charge in [-0.15, -0.1) is 0 Å². The van der Waals surface area contributed by atoms with Crippen LogP contribution in [0.4, 0.5) is 0 Å². The first-order valence-corrected chi connectivity index (χ1v) is 6.37. The van der Waals surface area contributed by atoms with Gasteiger partial charge in [0.15, 0.2) is 11.5 Å². The van der Waals surface area contributed by atoms with Gasteiger partial charge in [0.05, 0.1) is 0 Å². The third-order valence-electron chi connectivity index (χ3n) is 3.48. The van der Waals surface area contributed by atoms with Crippen LogP contribution in [-0.4, -0.2) is 11.0 Å². The molecule has 0 amide bonds. The van der Waals surface area contributed by atoms with Gasteiger partial charge >= 0.3 is 0 Å². The first kappa shape index (κ1) is 10.8. The zero-order chi connectivity index (χ0) is 11.8. The Balaban J connectivity index is 1.92. The molecule has 17 heavy (non-hydrogen) atoms. The Morgan fingerprint density at radius 1 is 1.47 bits per heavy atom. The molecule has 1 atom stereocenters. The fourth-order valence-corrected chi connectivity index (χ4v) is 2.32. The fraction of sp³-hybridized carbons (Fsp3) is 0.500. The van der Waals surface area contributed by atoms with Gasteiger partial charge < -0.3 is 10.2 Å². The molecule has 1 aliphatic rings. The third kappa shape index (κ3) is 2.07. The highest BCUT2D eigenvalue weighted by Gasteiger charge is 2.24. The summed E-state index contributed by atoms with van der Waals surface area (Å²) in [5, 5.41) is 0. The second-order valence-corrected chi connectivity index (χ2v) is 5.16. The molecule has 0 radical (unpaired) electrons. The van der Waals surface area contributed by atoms with E-state index in [1.54, 1.807) is 0 Å². The molecule has 0 bridgehead atoms. The standard InChI is InChI=1S/C14H18N2O/c1-9(15)7-10-5-6-13-12(8-10)16-14(17-13)11-3-2-4-11/h5-6,8-9,11H,2-4,7,15H2,1H3. The molecule has 2 aromatic rings. The summed E-state index contributed by atoms with van der Waals surface area (Å²) in [6, 6.07) is 6.39. The molecule has 1 aromatic carbocycles. The predicted octanol–water partition coefficient (Wildman–Crippen LogP) is 2.99. The van der Waals surface area contributed by atoms with Gasteiger partial charge in [-0.1, -0.05) is 12.5 Å². The zero-order valence-corrected chi connectivity index (χ0v) is 10.1. The number of aromatic nitrogens is 1. The van der Waals surface area contributed by atoms with Crippen LogP contribution in [0.5, 0.6) is 0 Å². The first-order chi connectivity index (χ1) is 8.22. The molecule has 2 N–H and O–H groups in total. The number of nitrogens with zero attached hydrogens (tertiary/aromatic N) is 1. The van der Waals surface area contributed by atoms with Gasteiger partial charge in [-0.25, -0.2) is 4.98 Å². The van der Waals surface area contributed by atoms with Crippen molar-refractivity contribution in [1.29, 1.82) is 0 Å². The van der Waals surface area contributed by atoms with Crippen molar-refractivity contribution in [2.45, 2.75) is 44.6 Å². The van der Waals surface area contributed by atoms with Gasteiger partial charge in [0.25, 0.3) is 0 Å². The molecular weight excluding hydrogens is 212 g/mol. The SMILES string of the molecule is CC(N)Cc1ccc2oc(C3CCC3)nc2c1. The van der Waals surface area contributed by atoms with Gasteiger partial charge in [0.2, 0.25) is 0 Å². The summed E-state index contributed by atoms with van der Waals surface area (Å²) in [6.45, 7) is 2.02. The summed E-state index contributed by atoms with van der Waals surface area (Å²) >= 11 is 0. The molecule has 1 heterocycles. The van der Waals surface area contributed by atoms with E-state index in [4.69, 9.17) is 10.2 Å². The maximum Gasteiger partial charge on any atom is 0.198 e. The molecule has 3 rings (SSSR count). The Morgan fingerprint density at radius 3 is 2.94 bits per heavy atom. The number of hydrogen-bond acceptors (Lipinski definition) is 3. The zero-order valence-electron chi connectivity index (χ0n) is 10.1. The Hall–Kier alpha value is -1.35. The van der Waals surface area contributed by atoms with E-state index in [-0.39, 0.29) is 6.04 Å². The van der Waals surface area contributed by atoms with Crippen LogP contribution >= 0.6 is 0 Å². The lowest BCUT2D eigenvalue weighted by Gasteiger charge is -2.21. The molecule has 90 valence electrons. The number of rotatable bonds is 3. The number of fused-ring (bicyclic) bond motifs is 1. The average Bonchev–Trinajstić information content (AvgIpc) is 2.56. The Bertz CT molecular complexity index is 526. The van der Waals surface area contributed by atoms with E-state index in [2.05, 4.69) is 17.1 Å².